The largest absolute Gasteiger partial charge is 0.396 e. The topological polar surface area (TPSA) is 66.5 Å². The maximum atomic E-state index is 12.8. The van der Waals surface area contributed by atoms with Crippen LogP contribution in [0.4, 0.5) is 10.1 Å². The van der Waals surface area contributed by atoms with Crippen molar-refractivity contribution in [2.75, 3.05) is 11.1 Å². The molecule has 0 aliphatic carbocycles. The highest BCUT2D eigenvalue weighted by molar-refractivity contribution is 9.09. The van der Waals surface area contributed by atoms with Crippen LogP contribution in [0.3, 0.4) is 0 Å². The summed E-state index contributed by atoms with van der Waals surface area (Å²) in [5, 5.41) is 19.8. The van der Waals surface area contributed by atoms with E-state index in [1.165, 1.54) is 18.2 Å². The zero-order chi connectivity index (χ0) is 11.4. The van der Waals surface area contributed by atoms with Crippen molar-refractivity contribution in [1.82, 2.24) is 0 Å². The molecule has 2 unspecified atom stereocenters. The van der Waals surface area contributed by atoms with E-state index in [1.54, 1.807) is 0 Å². The Morgan fingerprint density at radius 3 is 2.60 bits per heavy atom. The number of nitrogens with two attached hydrogens (primary N) is 1. The number of alkyl halides is 1. The van der Waals surface area contributed by atoms with Gasteiger partial charge in [-0.15, -0.1) is 0 Å². The lowest BCUT2D eigenvalue weighted by atomic mass is 10.0. The number of aliphatic hydroxyl groups is 2. The summed E-state index contributed by atoms with van der Waals surface area (Å²) in [5.41, 5.74) is 5.74. The Balaban J connectivity index is 2.81. The molecular formula is C10H13BrFNO2. The van der Waals surface area contributed by atoms with Gasteiger partial charge in [0.05, 0.1) is 11.8 Å². The van der Waals surface area contributed by atoms with Crippen LogP contribution in [0.5, 0.6) is 0 Å². The summed E-state index contributed by atoms with van der Waals surface area (Å²) in [4.78, 5) is 0. The molecule has 0 saturated heterocycles. The second kappa shape index (κ2) is 5.44. The van der Waals surface area contributed by atoms with Crippen molar-refractivity contribution in [2.24, 2.45) is 0 Å². The molecule has 0 aromatic heterocycles. The van der Waals surface area contributed by atoms with Gasteiger partial charge in [-0.3, -0.25) is 0 Å². The van der Waals surface area contributed by atoms with E-state index < -0.39 is 18.0 Å². The van der Waals surface area contributed by atoms with E-state index in [0.29, 0.717) is 17.3 Å². The summed E-state index contributed by atoms with van der Waals surface area (Å²) < 4.78 is 12.8. The Morgan fingerprint density at radius 1 is 1.40 bits per heavy atom. The standard InChI is InChI=1S/C10H13BrFNO2/c11-4-3-9(14)10(15)6-1-2-7(12)8(13)5-6/h1-2,5,9-10,14-15H,3-4,13H2. The molecule has 15 heavy (non-hydrogen) atoms. The highest BCUT2D eigenvalue weighted by Gasteiger charge is 2.18. The molecule has 0 heterocycles. The number of hydrogen-bond acceptors (Lipinski definition) is 3. The second-order valence-corrected chi connectivity index (χ2v) is 4.06. The first-order chi connectivity index (χ1) is 7.06. The maximum absolute atomic E-state index is 12.8. The summed E-state index contributed by atoms with van der Waals surface area (Å²) in [6, 6.07) is 3.92. The molecule has 4 N–H and O–H groups in total. The van der Waals surface area contributed by atoms with Crippen LogP contribution in [-0.2, 0) is 0 Å². The van der Waals surface area contributed by atoms with Crippen LogP contribution < -0.4 is 5.73 Å². The lowest BCUT2D eigenvalue weighted by Crippen LogP contribution is -2.18. The fraction of sp³-hybridized carbons (Fsp3) is 0.400. The van der Waals surface area contributed by atoms with Gasteiger partial charge >= 0.3 is 0 Å². The number of anilines is 1. The summed E-state index contributed by atoms with van der Waals surface area (Å²) in [6.45, 7) is 0. The SMILES string of the molecule is Nc1cc(C(O)C(O)CCBr)ccc1F. The lowest BCUT2D eigenvalue weighted by molar-refractivity contribution is 0.0173. The zero-order valence-corrected chi connectivity index (χ0v) is 9.61. The highest BCUT2D eigenvalue weighted by atomic mass is 79.9. The van der Waals surface area contributed by atoms with Crippen LogP contribution in [-0.4, -0.2) is 21.6 Å². The van der Waals surface area contributed by atoms with E-state index >= 15 is 0 Å². The van der Waals surface area contributed by atoms with Gasteiger partial charge in [0.1, 0.15) is 11.9 Å². The molecule has 0 radical (unpaired) electrons. The maximum Gasteiger partial charge on any atom is 0.146 e. The first kappa shape index (κ1) is 12.4. The van der Waals surface area contributed by atoms with Gasteiger partial charge in [-0.25, -0.2) is 4.39 Å². The van der Waals surface area contributed by atoms with Crippen molar-refractivity contribution >= 4 is 21.6 Å². The first-order valence-electron chi connectivity index (χ1n) is 4.53. The molecule has 0 saturated carbocycles. The van der Waals surface area contributed by atoms with Crippen molar-refractivity contribution < 1.29 is 14.6 Å². The smallest absolute Gasteiger partial charge is 0.146 e. The number of rotatable bonds is 4. The monoisotopic (exact) mass is 277 g/mol. The van der Waals surface area contributed by atoms with Crippen LogP contribution in [0.2, 0.25) is 0 Å². The van der Waals surface area contributed by atoms with Crippen LogP contribution in [0, 0.1) is 5.82 Å². The van der Waals surface area contributed by atoms with Crippen molar-refractivity contribution in [3.8, 4) is 0 Å². The van der Waals surface area contributed by atoms with Gasteiger partial charge in [0.15, 0.2) is 0 Å². The number of halogens is 2. The Kier molecular flexibility index (Phi) is 4.50. The third-order valence-corrected chi connectivity index (χ3v) is 2.59. The van der Waals surface area contributed by atoms with Crippen LogP contribution in [0.15, 0.2) is 18.2 Å². The second-order valence-electron chi connectivity index (χ2n) is 3.27. The minimum atomic E-state index is -1.04. The zero-order valence-electron chi connectivity index (χ0n) is 8.03. The van der Waals surface area contributed by atoms with Crippen LogP contribution >= 0.6 is 15.9 Å². The minimum absolute atomic E-state index is 0.0300. The van der Waals surface area contributed by atoms with E-state index in [2.05, 4.69) is 15.9 Å². The molecule has 5 heteroatoms. The average Bonchev–Trinajstić information content (AvgIpc) is 2.21. The summed E-state index contributed by atoms with van der Waals surface area (Å²) in [5.74, 6) is -0.527. The molecule has 0 bridgehead atoms. The minimum Gasteiger partial charge on any atom is -0.396 e. The van der Waals surface area contributed by atoms with Gasteiger partial charge in [-0.1, -0.05) is 22.0 Å². The molecule has 1 aromatic carbocycles. The van der Waals surface area contributed by atoms with Gasteiger partial charge < -0.3 is 15.9 Å². The Hall–Kier alpha value is -0.650. The average molecular weight is 278 g/mol. The molecule has 0 amide bonds. The van der Waals surface area contributed by atoms with E-state index in [1.807, 2.05) is 0 Å². The highest BCUT2D eigenvalue weighted by Crippen LogP contribution is 2.22. The van der Waals surface area contributed by atoms with E-state index in [9.17, 15) is 14.6 Å². The molecule has 0 aliphatic rings. The molecule has 3 nitrogen and oxygen atoms in total. The first-order valence-corrected chi connectivity index (χ1v) is 5.65. The quantitative estimate of drug-likeness (QED) is 0.578. The molecule has 2 atom stereocenters. The lowest BCUT2D eigenvalue weighted by Gasteiger charge is -2.17. The van der Waals surface area contributed by atoms with Gasteiger partial charge in [0.2, 0.25) is 0 Å². The molecule has 1 aromatic rings. The Morgan fingerprint density at radius 2 is 2.07 bits per heavy atom. The number of nitrogen functional groups attached to an aromatic ring is 1. The van der Waals surface area contributed by atoms with Gasteiger partial charge in [0.25, 0.3) is 0 Å². The van der Waals surface area contributed by atoms with E-state index in [4.69, 9.17) is 5.73 Å². The fourth-order valence-corrected chi connectivity index (χ4v) is 1.71. The fourth-order valence-electron chi connectivity index (χ4n) is 1.24. The third-order valence-electron chi connectivity index (χ3n) is 2.13. The molecule has 1 rings (SSSR count). The van der Waals surface area contributed by atoms with Crippen molar-refractivity contribution in [2.45, 2.75) is 18.6 Å². The molecule has 0 aliphatic heterocycles. The molecule has 0 fully saturated rings. The Bertz CT molecular complexity index is 335. The molecular weight excluding hydrogens is 265 g/mol. The third kappa shape index (κ3) is 3.15. The van der Waals surface area contributed by atoms with E-state index in [-0.39, 0.29) is 5.69 Å². The van der Waals surface area contributed by atoms with Crippen LogP contribution in [0.1, 0.15) is 18.1 Å². The summed E-state index contributed by atoms with van der Waals surface area (Å²) in [7, 11) is 0. The molecule has 84 valence electrons. The van der Waals surface area contributed by atoms with Gasteiger partial charge in [-0.05, 0) is 24.1 Å². The summed E-state index contributed by atoms with van der Waals surface area (Å²) >= 11 is 3.16. The van der Waals surface area contributed by atoms with Gasteiger partial charge in [0, 0.05) is 5.33 Å². The normalized spacial score (nSPS) is 14.9. The number of benzene rings is 1. The van der Waals surface area contributed by atoms with Crippen molar-refractivity contribution in [1.29, 1.82) is 0 Å². The van der Waals surface area contributed by atoms with Crippen molar-refractivity contribution in [3.63, 3.8) is 0 Å². The summed E-state index contributed by atoms with van der Waals surface area (Å²) in [6.07, 6.45) is -1.50. The molecule has 0 spiro atoms. The predicted octanol–water partition coefficient (Wildman–Crippen LogP) is 1.59. The van der Waals surface area contributed by atoms with Crippen molar-refractivity contribution in [3.05, 3.63) is 29.6 Å². The Labute approximate surface area is 95.9 Å². The van der Waals surface area contributed by atoms with Gasteiger partial charge in [-0.2, -0.15) is 0 Å². The van der Waals surface area contributed by atoms with Crippen LogP contribution in [0.25, 0.3) is 0 Å². The predicted molar refractivity (Wildman–Crippen MR) is 60.2 cm³/mol. The number of aliphatic hydroxyl groups excluding tert-OH is 2. The number of hydrogen-bond donors (Lipinski definition) is 3. The van der Waals surface area contributed by atoms with E-state index in [0.717, 1.165) is 0 Å².